The summed E-state index contributed by atoms with van der Waals surface area (Å²) in [5, 5.41) is 0. The molecule has 0 bridgehead atoms. The molecule has 426 valence electrons. The average molecular weight is 1110 g/mol. The molecule has 69 heavy (non-hydrogen) atoms. The molecule has 0 saturated heterocycles. The summed E-state index contributed by atoms with van der Waals surface area (Å²) in [6.45, 7) is 2.35. The van der Waals surface area contributed by atoms with Crippen molar-refractivity contribution in [3.05, 3.63) is 0 Å². The van der Waals surface area contributed by atoms with Gasteiger partial charge in [-0.15, -0.1) is 0 Å². The Bertz CT molecular complexity index is 821. The summed E-state index contributed by atoms with van der Waals surface area (Å²) in [5.74, 6) is 0. The van der Waals surface area contributed by atoms with E-state index >= 15 is 0 Å². The maximum Gasteiger partial charge on any atom is 0.319 e. The van der Waals surface area contributed by atoms with Gasteiger partial charge in [-0.1, -0.05) is 350 Å². The highest BCUT2D eigenvalue weighted by Crippen LogP contribution is 2.27. The zero-order valence-electron chi connectivity index (χ0n) is 46.5. The number of hydrogen-bond acceptors (Lipinski definition) is 3. The summed E-state index contributed by atoms with van der Waals surface area (Å²) in [6.07, 6.45) is 70.2. The Morgan fingerprint density at radius 3 is 0.246 bits per heavy atom. The van der Waals surface area contributed by atoms with Gasteiger partial charge in [-0.05, 0) is 35.4 Å². The summed E-state index contributed by atoms with van der Waals surface area (Å²) in [4.78, 5) is 68.0. The first kappa shape index (κ1) is 81.9. The van der Waals surface area contributed by atoms with Crippen LogP contribution in [-0.4, -0.2) is 44.0 Å². The molecule has 9 nitrogen and oxygen atoms in total. The van der Waals surface area contributed by atoms with Crippen LogP contribution >= 0.6 is 20.2 Å². The molecule has 0 aliphatic heterocycles. The van der Waals surface area contributed by atoms with E-state index in [1.165, 1.54) is 308 Å². The molecule has 0 aromatic rings. The minimum atomic E-state index is -3.81. The molecule has 0 spiro atoms. The molecular weight excluding hydrogens is 982 g/mol. The van der Waals surface area contributed by atoms with Crippen molar-refractivity contribution >= 4 is 55.6 Å². The molecule has 0 aliphatic rings. The van der Waals surface area contributed by atoms with Crippen molar-refractivity contribution in [2.75, 3.05) is 0 Å². The van der Waals surface area contributed by atoms with Crippen LogP contribution in [0.3, 0.4) is 0 Å². The molecule has 0 atom stereocenters. The molecule has 0 radical (unpaired) electrons. The minimum Gasteiger partial charge on any atom is -0.325 e. The van der Waals surface area contributed by atoms with Crippen LogP contribution in [0.25, 0.3) is 0 Å². The third-order valence-electron chi connectivity index (χ3n) is 11.9. The lowest BCUT2D eigenvalue weighted by atomic mass is 10.0. The van der Waals surface area contributed by atoms with Crippen molar-refractivity contribution < 1.29 is 44.0 Å². The topological polar surface area (TPSA) is 182 Å². The van der Waals surface area contributed by atoms with Gasteiger partial charge in [0.25, 0.3) is 0 Å². The van der Waals surface area contributed by atoms with Gasteiger partial charge in [0.2, 0.25) is 0 Å². The summed E-state index contributed by atoms with van der Waals surface area (Å²) in [6, 6.07) is 0. The molecule has 9 N–H and O–H groups in total. The summed E-state index contributed by atoms with van der Waals surface area (Å²) >= 11 is 10.8. The quantitative estimate of drug-likeness (QED) is 0.0208. The van der Waals surface area contributed by atoms with E-state index in [0.717, 1.165) is 0 Å². The van der Waals surface area contributed by atoms with Gasteiger partial charge >= 0.3 is 20.2 Å². The number of hydrogen-bond donors (Lipinski definition) is 9. The Labute approximate surface area is 446 Å². The molecule has 0 aliphatic carbocycles. The van der Waals surface area contributed by atoms with Gasteiger partial charge in [0.15, 0.2) is 0 Å². The largest absolute Gasteiger partial charge is 0.325 e. The monoisotopic (exact) mass is 1100 g/mol. The van der Waals surface area contributed by atoms with Crippen LogP contribution in [0.1, 0.15) is 350 Å². The maximum atomic E-state index is 7.56. The van der Waals surface area contributed by atoms with E-state index in [2.05, 4.69) is 77.0 Å². The highest BCUT2D eigenvalue weighted by molar-refractivity contribution is 8.06. The summed E-state index contributed by atoms with van der Waals surface area (Å²) in [7, 11) is 0. The second kappa shape index (κ2) is 71.7. The zero-order chi connectivity index (χ0) is 53.4. The first-order valence-electron chi connectivity index (χ1n) is 29.1. The Morgan fingerprint density at radius 1 is 0.159 bits per heavy atom. The van der Waals surface area contributed by atoms with Crippen LogP contribution in [0.2, 0.25) is 0 Å². The SMILES string of the molecule is CCCCCCCCCCCCCCCCCC.CCCCCCCCCCCCCCCCCC.CCCCCCCCCCCCCCCCCC.OP(O)(O)=S.OP(O)(O)=S.OP(O)(O)=S. The van der Waals surface area contributed by atoms with E-state index in [1.54, 1.807) is 0 Å². The molecule has 0 heterocycles. The lowest BCUT2D eigenvalue weighted by Gasteiger charge is -2.03. The molecule has 15 heteroatoms. The van der Waals surface area contributed by atoms with Gasteiger partial charge in [0.1, 0.15) is 0 Å². The molecule has 0 amide bonds. The molecule has 0 fully saturated rings. The Hall–Kier alpha value is 1.59. The lowest BCUT2D eigenvalue weighted by Crippen LogP contribution is -1.83. The van der Waals surface area contributed by atoms with Crippen LogP contribution in [0.4, 0.5) is 0 Å². The van der Waals surface area contributed by atoms with Crippen LogP contribution in [0.15, 0.2) is 0 Å². The van der Waals surface area contributed by atoms with Crippen LogP contribution in [0, 0.1) is 0 Å². The van der Waals surface area contributed by atoms with E-state index in [0.29, 0.717) is 0 Å². The highest BCUT2D eigenvalue weighted by atomic mass is 32.5. The lowest BCUT2D eigenvalue weighted by molar-refractivity contribution is 0.361. The van der Waals surface area contributed by atoms with E-state index < -0.39 is 20.2 Å². The van der Waals surface area contributed by atoms with Gasteiger partial charge in [0.05, 0.1) is 0 Å². The number of rotatable bonds is 45. The Balaban J connectivity index is -0.000000187. The minimum absolute atomic E-state index is 1.37. The van der Waals surface area contributed by atoms with Crippen molar-refractivity contribution in [2.45, 2.75) is 350 Å². The predicted octanol–water partition coefficient (Wildman–Crippen LogP) is 19.4. The molecular formula is C54H123O9P3S3. The van der Waals surface area contributed by atoms with Gasteiger partial charge in [0, 0.05) is 0 Å². The normalized spacial score (nSPS) is 11.2. The van der Waals surface area contributed by atoms with Crippen molar-refractivity contribution in [1.82, 2.24) is 0 Å². The van der Waals surface area contributed by atoms with Crippen molar-refractivity contribution in [2.24, 2.45) is 0 Å². The van der Waals surface area contributed by atoms with E-state index in [-0.39, 0.29) is 0 Å². The molecule has 0 aromatic carbocycles. The first-order valence-corrected chi connectivity index (χ1v) is 37.1. The van der Waals surface area contributed by atoms with Crippen LogP contribution in [0.5, 0.6) is 0 Å². The molecule has 0 saturated carbocycles. The first-order chi connectivity index (χ1) is 32.7. The van der Waals surface area contributed by atoms with Crippen molar-refractivity contribution in [3.8, 4) is 0 Å². The van der Waals surface area contributed by atoms with Crippen LogP contribution in [-0.2, 0) is 35.4 Å². The van der Waals surface area contributed by atoms with Crippen molar-refractivity contribution in [1.29, 1.82) is 0 Å². The second-order valence-electron chi connectivity index (χ2n) is 19.4. The zero-order valence-corrected chi connectivity index (χ0v) is 51.7. The summed E-state index contributed by atoms with van der Waals surface area (Å²) < 4.78 is 0. The standard InChI is InChI=1S/3C18H38.3H3O3PS/c3*1-3-5-7-9-11-13-15-17-18-16-14-12-10-8-6-4-2;3*1-4(2,3)5/h3*3-18H2,1-2H3;3*(H3,1,2,3,5). The van der Waals surface area contributed by atoms with Gasteiger partial charge < -0.3 is 44.0 Å². The van der Waals surface area contributed by atoms with Crippen LogP contribution < -0.4 is 0 Å². The van der Waals surface area contributed by atoms with E-state index in [1.807, 2.05) is 0 Å². The smallest absolute Gasteiger partial charge is 0.319 e. The Kier molecular flexibility index (Phi) is 85.1. The second-order valence-corrected chi connectivity index (χ2v) is 26.9. The predicted molar refractivity (Wildman–Crippen MR) is 318 cm³/mol. The third-order valence-corrected chi connectivity index (χ3v) is 11.9. The molecule has 0 aromatic heterocycles. The van der Waals surface area contributed by atoms with Crippen molar-refractivity contribution in [3.63, 3.8) is 0 Å². The molecule has 0 unspecified atom stereocenters. The highest BCUT2D eigenvalue weighted by Gasteiger charge is 1.98. The maximum absolute atomic E-state index is 7.56. The average Bonchev–Trinajstić information content (AvgIpc) is 3.25. The van der Waals surface area contributed by atoms with Gasteiger partial charge in [-0.25, -0.2) is 0 Å². The van der Waals surface area contributed by atoms with Gasteiger partial charge in [-0.3, -0.25) is 0 Å². The van der Waals surface area contributed by atoms with E-state index in [4.69, 9.17) is 44.0 Å². The fraction of sp³-hybridized carbons (Fsp3) is 1.00. The third kappa shape index (κ3) is 146. The van der Waals surface area contributed by atoms with Gasteiger partial charge in [-0.2, -0.15) is 0 Å². The fourth-order valence-corrected chi connectivity index (χ4v) is 7.86. The Morgan fingerprint density at radius 2 is 0.203 bits per heavy atom. The fourth-order valence-electron chi connectivity index (χ4n) is 7.86. The number of unbranched alkanes of at least 4 members (excludes halogenated alkanes) is 45. The van der Waals surface area contributed by atoms with E-state index in [9.17, 15) is 0 Å². The molecule has 0 rings (SSSR count). The summed E-state index contributed by atoms with van der Waals surface area (Å²) in [5.41, 5.74) is 0.